The Morgan fingerprint density at radius 3 is 2.84 bits per heavy atom. The summed E-state index contributed by atoms with van der Waals surface area (Å²) in [4.78, 5) is 47.2. The van der Waals surface area contributed by atoms with Crippen LogP contribution in [0.5, 0.6) is 0 Å². The van der Waals surface area contributed by atoms with E-state index in [1.807, 2.05) is 0 Å². The highest BCUT2D eigenvalue weighted by molar-refractivity contribution is 7.09. The summed E-state index contributed by atoms with van der Waals surface area (Å²) >= 11 is 7.29. The number of likely N-dealkylation sites (tertiary alicyclic amines) is 1. The van der Waals surface area contributed by atoms with Crippen LogP contribution in [-0.4, -0.2) is 63.2 Å². The van der Waals surface area contributed by atoms with Crippen LogP contribution in [0.2, 0.25) is 5.02 Å². The van der Waals surface area contributed by atoms with Crippen molar-refractivity contribution >= 4 is 46.3 Å². The third-order valence-electron chi connectivity index (χ3n) is 4.96. The molecular weight excluding hydrogens is 442 g/mol. The number of likely N-dealkylation sites (N-methyl/N-ethyl adjacent to an activating group) is 1. The summed E-state index contributed by atoms with van der Waals surface area (Å²) in [5, 5.41) is 7.69. The molecule has 1 saturated heterocycles. The summed E-state index contributed by atoms with van der Waals surface area (Å²) in [6.45, 7) is 0.217. The molecule has 0 radical (unpaired) electrons. The maximum atomic E-state index is 13.2. The summed E-state index contributed by atoms with van der Waals surface area (Å²) in [6, 6.07) is 2.87. The Morgan fingerprint density at radius 1 is 1.26 bits per heavy atom. The van der Waals surface area contributed by atoms with Gasteiger partial charge in [0.1, 0.15) is 22.0 Å². The lowest BCUT2D eigenvalue weighted by atomic mass is 10.2. The number of nitrogens with one attached hydrogen (secondary N) is 2. The maximum Gasteiger partial charge on any atom is 0.274 e. The molecule has 0 aliphatic carbocycles. The molecule has 1 aliphatic heterocycles. The molecule has 2 unspecified atom stereocenters. The van der Waals surface area contributed by atoms with Gasteiger partial charge in [-0.3, -0.25) is 14.4 Å². The fourth-order valence-corrected chi connectivity index (χ4v) is 4.52. The Kier molecular flexibility index (Phi) is 5.90. The highest BCUT2D eigenvalue weighted by Crippen LogP contribution is 2.34. The average molecular weight is 462 g/mol. The Bertz CT molecular complexity index is 1160. The number of halogens is 1. The molecule has 3 aromatic rings. The summed E-state index contributed by atoms with van der Waals surface area (Å²) in [7, 11) is 1.49. The summed E-state index contributed by atoms with van der Waals surface area (Å²) in [5.74, 6) is -1.03. The van der Waals surface area contributed by atoms with Crippen molar-refractivity contribution in [1.82, 2.24) is 29.9 Å². The zero-order valence-electron chi connectivity index (χ0n) is 16.5. The molecule has 31 heavy (non-hydrogen) atoms. The lowest BCUT2D eigenvalue weighted by Crippen LogP contribution is -2.35. The largest absolute Gasteiger partial charge is 0.358 e. The molecule has 3 amide bonds. The smallest absolute Gasteiger partial charge is 0.274 e. The van der Waals surface area contributed by atoms with Crippen molar-refractivity contribution in [3.63, 3.8) is 0 Å². The van der Waals surface area contributed by atoms with Gasteiger partial charge in [0.15, 0.2) is 0 Å². The minimum Gasteiger partial charge on any atom is -0.358 e. The topological polar surface area (TPSA) is 135 Å². The predicted octanol–water partition coefficient (Wildman–Crippen LogP) is 0.834. The van der Waals surface area contributed by atoms with Gasteiger partial charge in [0, 0.05) is 37.4 Å². The number of carbonyl (C=O) groups is 3. The Balaban J connectivity index is 1.54. The van der Waals surface area contributed by atoms with Crippen LogP contribution in [0.25, 0.3) is 5.65 Å². The standard InChI is InChI=1S/C19H20ClN7O3S/c1-22-16(28)5-23-17(29)13-9-31-18(25-13)14-4-11(21)7-27(14)19(30)12-8-26-6-10(20)2-3-15(26)24-12/h2-3,6,8-9,11,14H,4-5,7,21H2,1H3,(H,22,28)(H,23,29). The number of carbonyl (C=O) groups excluding carboxylic acids is 3. The van der Waals surface area contributed by atoms with E-state index in [9.17, 15) is 14.4 Å². The molecular formula is C19H20ClN7O3S. The molecule has 10 nitrogen and oxygen atoms in total. The van der Waals surface area contributed by atoms with Gasteiger partial charge in [-0.1, -0.05) is 11.6 Å². The normalized spacial score (nSPS) is 18.4. The zero-order valence-corrected chi connectivity index (χ0v) is 18.1. The van der Waals surface area contributed by atoms with Crippen LogP contribution in [0.3, 0.4) is 0 Å². The number of aromatic nitrogens is 3. The highest BCUT2D eigenvalue weighted by atomic mass is 35.5. The van der Waals surface area contributed by atoms with E-state index in [-0.39, 0.29) is 41.8 Å². The lowest BCUT2D eigenvalue weighted by molar-refractivity contribution is -0.119. The second-order valence-corrected chi connectivity index (χ2v) is 8.46. The number of pyridine rings is 1. The van der Waals surface area contributed by atoms with E-state index < -0.39 is 5.91 Å². The van der Waals surface area contributed by atoms with Gasteiger partial charge >= 0.3 is 0 Å². The first kappa shape index (κ1) is 21.2. The van der Waals surface area contributed by atoms with Crippen molar-refractivity contribution in [3.8, 4) is 0 Å². The van der Waals surface area contributed by atoms with Crippen LogP contribution in [0.15, 0.2) is 29.9 Å². The fourth-order valence-electron chi connectivity index (χ4n) is 3.43. The minimum atomic E-state index is -0.455. The third kappa shape index (κ3) is 4.38. The molecule has 0 bridgehead atoms. The van der Waals surface area contributed by atoms with Crippen LogP contribution in [0, 0.1) is 0 Å². The van der Waals surface area contributed by atoms with Crippen LogP contribution >= 0.6 is 22.9 Å². The number of hydrogen-bond donors (Lipinski definition) is 3. The zero-order chi connectivity index (χ0) is 22.1. The molecule has 1 fully saturated rings. The SMILES string of the molecule is CNC(=O)CNC(=O)c1csc(C2CC(N)CN2C(=O)c2cn3cc(Cl)ccc3n2)n1. The van der Waals surface area contributed by atoms with Gasteiger partial charge < -0.3 is 25.7 Å². The van der Waals surface area contributed by atoms with Gasteiger partial charge in [-0.05, 0) is 18.6 Å². The number of rotatable bonds is 5. The number of nitrogens with two attached hydrogens (primary N) is 1. The average Bonchev–Trinajstić information content (AvgIpc) is 3.48. The Morgan fingerprint density at radius 2 is 2.06 bits per heavy atom. The fraction of sp³-hybridized carbons (Fsp3) is 0.316. The number of amides is 3. The van der Waals surface area contributed by atoms with Crippen molar-refractivity contribution in [2.45, 2.75) is 18.5 Å². The van der Waals surface area contributed by atoms with E-state index in [0.29, 0.717) is 28.6 Å². The van der Waals surface area contributed by atoms with Gasteiger partial charge in [0.25, 0.3) is 11.8 Å². The van der Waals surface area contributed by atoms with E-state index in [1.54, 1.807) is 39.2 Å². The van der Waals surface area contributed by atoms with E-state index in [4.69, 9.17) is 17.3 Å². The lowest BCUT2D eigenvalue weighted by Gasteiger charge is -2.21. The van der Waals surface area contributed by atoms with Gasteiger partial charge in [0.2, 0.25) is 5.91 Å². The maximum absolute atomic E-state index is 13.2. The van der Waals surface area contributed by atoms with Crippen LogP contribution < -0.4 is 16.4 Å². The molecule has 162 valence electrons. The number of fused-ring (bicyclic) bond motifs is 1. The van der Waals surface area contributed by atoms with Crippen LogP contribution in [-0.2, 0) is 4.79 Å². The molecule has 12 heteroatoms. The summed E-state index contributed by atoms with van der Waals surface area (Å²) in [5.41, 5.74) is 7.22. The summed E-state index contributed by atoms with van der Waals surface area (Å²) in [6.07, 6.45) is 3.83. The molecule has 4 heterocycles. The Hall–Kier alpha value is -3.02. The number of thiazole rings is 1. The van der Waals surface area contributed by atoms with E-state index in [1.165, 1.54) is 18.4 Å². The van der Waals surface area contributed by atoms with Crippen molar-refractivity contribution in [2.24, 2.45) is 5.73 Å². The molecule has 1 aliphatic rings. The van der Waals surface area contributed by atoms with Crippen LogP contribution in [0.4, 0.5) is 0 Å². The molecule has 0 saturated carbocycles. The Labute approximate surface area is 186 Å². The van der Waals surface area contributed by atoms with Crippen molar-refractivity contribution in [3.05, 3.63) is 51.3 Å². The summed E-state index contributed by atoms with van der Waals surface area (Å²) < 4.78 is 1.69. The number of nitrogens with zero attached hydrogens (tertiary/aromatic N) is 4. The van der Waals surface area contributed by atoms with E-state index in [0.717, 1.165) is 0 Å². The van der Waals surface area contributed by atoms with Gasteiger partial charge in [0.05, 0.1) is 17.6 Å². The van der Waals surface area contributed by atoms with E-state index in [2.05, 4.69) is 20.6 Å². The first-order valence-electron chi connectivity index (χ1n) is 9.50. The van der Waals surface area contributed by atoms with Crippen LogP contribution in [0.1, 0.15) is 38.4 Å². The highest BCUT2D eigenvalue weighted by Gasteiger charge is 2.37. The molecule has 0 aromatic carbocycles. The molecule has 0 spiro atoms. The monoisotopic (exact) mass is 461 g/mol. The van der Waals surface area contributed by atoms with Gasteiger partial charge in [-0.15, -0.1) is 11.3 Å². The molecule has 4 rings (SSSR count). The molecule has 3 aromatic heterocycles. The first-order chi connectivity index (χ1) is 14.9. The van der Waals surface area contributed by atoms with Gasteiger partial charge in [-0.25, -0.2) is 9.97 Å². The van der Waals surface area contributed by atoms with Crippen molar-refractivity contribution < 1.29 is 14.4 Å². The number of imidazole rings is 1. The number of hydrogen-bond acceptors (Lipinski definition) is 7. The third-order valence-corrected chi connectivity index (χ3v) is 6.13. The first-order valence-corrected chi connectivity index (χ1v) is 10.8. The van der Waals surface area contributed by atoms with Gasteiger partial charge in [-0.2, -0.15) is 0 Å². The minimum absolute atomic E-state index is 0.140. The van der Waals surface area contributed by atoms with E-state index >= 15 is 0 Å². The quantitative estimate of drug-likeness (QED) is 0.515. The second kappa shape index (κ2) is 8.61. The molecule has 4 N–H and O–H groups in total. The van der Waals surface area contributed by atoms with Crippen molar-refractivity contribution in [1.29, 1.82) is 0 Å². The van der Waals surface area contributed by atoms with Crippen molar-refractivity contribution in [2.75, 3.05) is 20.1 Å². The molecule has 2 atom stereocenters. The second-order valence-electron chi connectivity index (χ2n) is 7.13. The predicted molar refractivity (Wildman–Crippen MR) is 115 cm³/mol.